The van der Waals surface area contributed by atoms with E-state index in [9.17, 15) is 9.59 Å². The number of nitrogens with zero attached hydrogens (tertiary/aromatic N) is 1. The number of halogens is 1. The number of ether oxygens (including phenoxy) is 2. The Hall–Kier alpha value is -2.60. The zero-order chi connectivity index (χ0) is 19.1. The Morgan fingerprint density at radius 2 is 1.92 bits per heavy atom. The number of amides is 1. The van der Waals surface area contributed by atoms with Gasteiger partial charge in [-0.2, -0.15) is 0 Å². The van der Waals surface area contributed by atoms with Crippen molar-refractivity contribution in [2.45, 2.75) is 0 Å². The molecule has 2 rings (SSSR count). The molecule has 0 heterocycles. The second kappa shape index (κ2) is 9.20. The van der Waals surface area contributed by atoms with Crippen LogP contribution in [0.4, 0.5) is 0 Å². The summed E-state index contributed by atoms with van der Waals surface area (Å²) in [5, 5.41) is 0. The third-order valence-corrected chi connectivity index (χ3v) is 4.08. The van der Waals surface area contributed by atoms with Gasteiger partial charge in [-0.1, -0.05) is 28.1 Å². The maximum atomic E-state index is 12.4. The second-order valence-corrected chi connectivity index (χ2v) is 6.60. The van der Waals surface area contributed by atoms with Gasteiger partial charge in [0.25, 0.3) is 5.91 Å². The van der Waals surface area contributed by atoms with Gasteiger partial charge in [0.1, 0.15) is 11.5 Å². The van der Waals surface area contributed by atoms with Gasteiger partial charge in [-0.25, -0.2) is 0 Å². The minimum atomic E-state index is -0.170. The Bertz CT molecular complexity index is 830. The van der Waals surface area contributed by atoms with Gasteiger partial charge in [0.05, 0.1) is 7.11 Å². The smallest absolute Gasteiger partial charge is 0.259 e. The molecule has 0 saturated heterocycles. The molecule has 1 amide bonds. The van der Waals surface area contributed by atoms with E-state index in [1.54, 1.807) is 51.5 Å². The number of likely N-dealkylation sites (N-methyl/N-ethyl adjacent to an activating group) is 1. The van der Waals surface area contributed by atoms with E-state index in [1.807, 2.05) is 18.2 Å². The molecule has 0 bridgehead atoms. The van der Waals surface area contributed by atoms with E-state index in [-0.39, 0.29) is 18.3 Å². The van der Waals surface area contributed by atoms with Crippen LogP contribution in [0.2, 0.25) is 0 Å². The number of carbonyl (C=O) groups excluding carboxylic acids is 2. The van der Waals surface area contributed by atoms with Crippen LogP contribution in [0.15, 0.2) is 53.0 Å². The molecule has 0 aliphatic rings. The molecule has 0 aliphatic heterocycles. The van der Waals surface area contributed by atoms with Crippen LogP contribution >= 0.6 is 15.9 Å². The van der Waals surface area contributed by atoms with Crippen molar-refractivity contribution in [1.82, 2.24) is 4.90 Å². The Labute approximate surface area is 161 Å². The molecule has 0 atom stereocenters. The van der Waals surface area contributed by atoms with Crippen LogP contribution in [0.25, 0.3) is 6.08 Å². The lowest BCUT2D eigenvalue weighted by Crippen LogP contribution is -2.27. The third kappa shape index (κ3) is 5.46. The highest BCUT2D eigenvalue weighted by Gasteiger charge is 2.08. The number of carbonyl (C=O) groups is 2. The molecule has 6 heteroatoms. The molecule has 5 nitrogen and oxygen atoms in total. The number of ketones is 1. The molecule has 0 aromatic heterocycles. The molecular formula is C20H20BrNO4. The normalized spacial score (nSPS) is 10.6. The maximum absolute atomic E-state index is 12.4. The molecule has 136 valence electrons. The van der Waals surface area contributed by atoms with Gasteiger partial charge < -0.3 is 14.4 Å². The van der Waals surface area contributed by atoms with Gasteiger partial charge in [0.2, 0.25) is 0 Å². The highest BCUT2D eigenvalue weighted by molar-refractivity contribution is 9.10. The SMILES string of the molecule is COc1ccc(Br)cc1/C=C/C(=O)c1cccc(OCC(=O)N(C)C)c1. The average Bonchev–Trinajstić information content (AvgIpc) is 2.64. The van der Waals surface area contributed by atoms with Crippen LogP contribution in [0.5, 0.6) is 11.5 Å². The summed E-state index contributed by atoms with van der Waals surface area (Å²) in [6.45, 7) is -0.0737. The van der Waals surface area contributed by atoms with E-state index < -0.39 is 0 Å². The maximum Gasteiger partial charge on any atom is 0.259 e. The molecule has 2 aromatic carbocycles. The first kappa shape index (κ1) is 19.7. The first-order chi connectivity index (χ1) is 12.4. The lowest BCUT2D eigenvalue weighted by molar-refractivity contribution is -0.130. The van der Waals surface area contributed by atoms with Gasteiger partial charge >= 0.3 is 0 Å². The lowest BCUT2D eigenvalue weighted by Gasteiger charge is -2.11. The number of hydrogen-bond acceptors (Lipinski definition) is 4. The molecule has 0 saturated carbocycles. The van der Waals surface area contributed by atoms with Crippen molar-refractivity contribution in [2.75, 3.05) is 27.8 Å². The molecule has 0 fully saturated rings. The monoisotopic (exact) mass is 417 g/mol. The Kier molecular flexibility index (Phi) is 6.97. The molecule has 0 aliphatic carbocycles. The van der Waals surface area contributed by atoms with E-state index in [0.717, 1.165) is 10.0 Å². The van der Waals surface area contributed by atoms with Gasteiger partial charge in [-0.15, -0.1) is 0 Å². The predicted molar refractivity (Wildman–Crippen MR) is 105 cm³/mol. The van der Waals surface area contributed by atoms with Crippen molar-refractivity contribution >= 4 is 33.7 Å². The summed E-state index contributed by atoms with van der Waals surface area (Å²) in [6, 6.07) is 12.3. The topological polar surface area (TPSA) is 55.8 Å². The summed E-state index contributed by atoms with van der Waals surface area (Å²) < 4.78 is 11.6. The zero-order valence-corrected chi connectivity index (χ0v) is 16.4. The summed E-state index contributed by atoms with van der Waals surface area (Å²) in [4.78, 5) is 25.5. The average molecular weight is 418 g/mol. The fourth-order valence-electron chi connectivity index (χ4n) is 2.11. The summed E-state index contributed by atoms with van der Waals surface area (Å²) in [7, 11) is 4.90. The highest BCUT2D eigenvalue weighted by atomic mass is 79.9. The molecule has 0 spiro atoms. The molecular weight excluding hydrogens is 398 g/mol. The van der Waals surface area contributed by atoms with Crippen molar-refractivity contribution in [3.05, 3.63) is 64.1 Å². The second-order valence-electron chi connectivity index (χ2n) is 5.69. The van der Waals surface area contributed by atoms with Crippen LogP contribution in [-0.4, -0.2) is 44.4 Å². The van der Waals surface area contributed by atoms with Crippen molar-refractivity contribution in [2.24, 2.45) is 0 Å². The minimum absolute atomic E-state index is 0.0737. The van der Waals surface area contributed by atoms with E-state index >= 15 is 0 Å². The molecule has 0 N–H and O–H groups in total. The van der Waals surface area contributed by atoms with Gasteiger partial charge in [-0.05, 0) is 42.5 Å². The standard InChI is InChI=1S/C20H20BrNO4/c1-22(2)20(24)13-26-17-6-4-5-14(12-17)18(23)9-7-15-11-16(21)8-10-19(15)25-3/h4-12H,13H2,1-3H3/b9-7+. The van der Waals surface area contributed by atoms with Crippen LogP contribution < -0.4 is 9.47 Å². The van der Waals surface area contributed by atoms with Gasteiger partial charge in [0, 0.05) is 29.7 Å². The Morgan fingerprint density at radius 1 is 1.15 bits per heavy atom. The van der Waals surface area contributed by atoms with Crippen LogP contribution in [0.1, 0.15) is 15.9 Å². The fourth-order valence-corrected chi connectivity index (χ4v) is 2.49. The fraction of sp³-hybridized carbons (Fsp3) is 0.200. The number of hydrogen-bond donors (Lipinski definition) is 0. The zero-order valence-electron chi connectivity index (χ0n) is 14.9. The van der Waals surface area contributed by atoms with E-state index in [0.29, 0.717) is 17.1 Å². The predicted octanol–water partition coefficient (Wildman–Crippen LogP) is 3.82. The number of benzene rings is 2. The number of methoxy groups -OCH3 is 1. The van der Waals surface area contributed by atoms with Crippen molar-refractivity contribution in [1.29, 1.82) is 0 Å². The summed E-state index contributed by atoms with van der Waals surface area (Å²) in [5.74, 6) is 0.829. The number of rotatable bonds is 7. The lowest BCUT2D eigenvalue weighted by atomic mass is 10.1. The third-order valence-electron chi connectivity index (χ3n) is 3.59. The van der Waals surface area contributed by atoms with Crippen molar-refractivity contribution in [3.8, 4) is 11.5 Å². The van der Waals surface area contributed by atoms with Crippen LogP contribution in [-0.2, 0) is 4.79 Å². The molecule has 2 aromatic rings. The van der Waals surface area contributed by atoms with E-state index in [2.05, 4.69) is 15.9 Å². The van der Waals surface area contributed by atoms with Gasteiger partial charge in [0.15, 0.2) is 12.4 Å². The summed E-state index contributed by atoms with van der Waals surface area (Å²) in [5.41, 5.74) is 1.27. The quantitative estimate of drug-likeness (QED) is 0.507. The first-order valence-electron chi connectivity index (χ1n) is 7.89. The number of allylic oxidation sites excluding steroid dienone is 1. The highest BCUT2D eigenvalue weighted by Crippen LogP contribution is 2.24. The first-order valence-corrected chi connectivity index (χ1v) is 8.69. The van der Waals surface area contributed by atoms with Crippen molar-refractivity contribution < 1.29 is 19.1 Å². The molecule has 0 unspecified atom stereocenters. The van der Waals surface area contributed by atoms with Crippen LogP contribution in [0, 0.1) is 0 Å². The largest absolute Gasteiger partial charge is 0.496 e. The van der Waals surface area contributed by atoms with Crippen molar-refractivity contribution in [3.63, 3.8) is 0 Å². The molecule has 26 heavy (non-hydrogen) atoms. The Morgan fingerprint density at radius 3 is 2.62 bits per heavy atom. The molecule has 0 radical (unpaired) electrons. The minimum Gasteiger partial charge on any atom is -0.496 e. The summed E-state index contributed by atoms with van der Waals surface area (Å²) in [6.07, 6.45) is 3.18. The van der Waals surface area contributed by atoms with E-state index in [1.165, 1.54) is 11.0 Å². The summed E-state index contributed by atoms with van der Waals surface area (Å²) >= 11 is 3.40. The Balaban J connectivity index is 2.11. The van der Waals surface area contributed by atoms with E-state index in [4.69, 9.17) is 9.47 Å². The van der Waals surface area contributed by atoms with Crippen LogP contribution in [0.3, 0.4) is 0 Å². The van der Waals surface area contributed by atoms with Gasteiger partial charge in [-0.3, -0.25) is 9.59 Å².